The molecule has 0 radical (unpaired) electrons. The van der Waals surface area contributed by atoms with Gasteiger partial charge in [-0.2, -0.15) is 4.39 Å². The highest BCUT2D eigenvalue weighted by molar-refractivity contribution is 9.10. The summed E-state index contributed by atoms with van der Waals surface area (Å²) >= 11 is 3.16. The summed E-state index contributed by atoms with van der Waals surface area (Å²) in [7, 11) is 1.54. The Hall–Kier alpha value is -1.75. The smallest absolute Gasteiger partial charge is 0.224 e. The number of hydrogen-bond donors (Lipinski definition) is 0. The minimum atomic E-state index is -0.779. The van der Waals surface area contributed by atoms with E-state index in [1.54, 1.807) is 24.3 Å². The Morgan fingerprint density at radius 1 is 1.33 bits per heavy atom. The van der Waals surface area contributed by atoms with Crippen LogP contribution in [0.5, 0.6) is 5.75 Å². The number of pyridine rings is 1. The van der Waals surface area contributed by atoms with Crippen LogP contribution in [0.4, 0.5) is 4.39 Å². The van der Waals surface area contributed by atoms with Crippen molar-refractivity contribution < 1.29 is 13.9 Å². The normalized spacial score (nSPS) is 10.2. The van der Waals surface area contributed by atoms with Gasteiger partial charge in [0.2, 0.25) is 5.95 Å². The third-order valence-electron chi connectivity index (χ3n) is 2.40. The van der Waals surface area contributed by atoms with Crippen LogP contribution in [-0.2, 0) is 0 Å². The van der Waals surface area contributed by atoms with E-state index >= 15 is 0 Å². The molecule has 1 heterocycles. The first kappa shape index (κ1) is 12.7. The molecule has 2 aromatic rings. The monoisotopic (exact) mass is 309 g/mol. The maximum absolute atomic E-state index is 13.5. The molecule has 18 heavy (non-hydrogen) atoms. The molecule has 3 nitrogen and oxygen atoms in total. The maximum Gasteiger partial charge on any atom is 0.224 e. The van der Waals surface area contributed by atoms with E-state index in [4.69, 9.17) is 4.74 Å². The summed E-state index contributed by atoms with van der Waals surface area (Å²) in [6.45, 7) is 0. The minimum absolute atomic E-state index is 0.0606. The van der Waals surface area contributed by atoms with Crippen molar-refractivity contribution in [3.63, 3.8) is 0 Å². The molecule has 0 spiro atoms. The van der Waals surface area contributed by atoms with E-state index < -0.39 is 11.7 Å². The number of ether oxygens (including phenoxy) is 1. The fourth-order valence-electron chi connectivity index (χ4n) is 1.48. The number of methoxy groups -OCH3 is 1. The van der Waals surface area contributed by atoms with Gasteiger partial charge in [-0.25, -0.2) is 4.98 Å². The Labute approximate surface area is 112 Å². The molecule has 2 rings (SSSR count). The molecule has 0 saturated heterocycles. The summed E-state index contributed by atoms with van der Waals surface area (Å²) in [5, 5.41) is 0. The predicted molar refractivity (Wildman–Crippen MR) is 68.3 cm³/mol. The van der Waals surface area contributed by atoms with Crippen molar-refractivity contribution in [3.05, 3.63) is 58.1 Å². The molecule has 0 fully saturated rings. The molecule has 0 aliphatic rings. The fraction of sp³-hybridized carbons (Fsp3) is 0.0769. The molecule has 0 aliphatic carbocycles. The molecule has 0 atom stereocenters. The summed E-state index contributed by atoms with van der Waals surface area (Å²) < 4.78 is 19.0. The molecule has 0 saturated carbocycles. The van der Waals surface area contributed by atoms with Crippen LogP contribution < -0.4 is 4.74 Å². The van der Waals surface area contributed by atoms with Crippen LogP contribution in [0, 0.1) is 5.95 Å². The highest BCUT2D eigenvalue weighted by Crippen LogP contribution is 2.18. The quantitative estimate of drug-likeness (QED) is 0.645. The Kier molecular flexibility index (Phi) is 3.72. The minimum Gasteiger partial charge on any atom is -0.497 e. The zero-order chi connectivity index (χ0) is 13.1. The molecule has 0 amide bonds. The van der Waals surface area contributed by atoms with Gasteiger partial charge in [-0.3, -0.25) is 4.79 Å². The Bertz CT molecular complexity index is 584. The Morgan fingerprint density at radius 3 is 2.61 bits per heavy atom. The van der Waals surface area contributed by atoms with Crippen molar-refractivity contribution in [3.8, 4) is 5.75 Å². The lowest BCUT2D eigenvalue weighted by Gasteiger charge is -2.04. The third kappa shape index (κ3) is 2.56. The number of aromatic nitrogens is 1. The van der Waals surface area contributed by atoms with Crippen molar-refractivity contribution in [1.82, 2.24) is 4.98 Å². The number of nitrogens with zero attached hydrogens (tertiary/aromatic N) is 1. The standard InChI is InChI=1S/C13H9BrFNO2/c1-18-10-4-2-8(3-5-10)12(17)11-6-9(14)7-16-13(11)15/h2-7H,1H3. The second-order valence-electron chi connectivity index (χ2n) is 3.55. The summed E-state index contributed by atoms with van der Waals surface area (Å²) in [4.78, 5) is 15.6. The second kappa shape index (κ2) is 5.27. The van der Waals surface area contributed by atoms with E-state index in [2.05, 4.69) is 20.9 Å². The molecule has 0 aliphatic heterocycles. The number of rotatable bonds is 3. The van der Waals surface area contributed by atoms with Gasteiger partial charge in [0.15, 0.2) is 5.78 Å². The van der Waals surface area contributed by atoms with Gasteiger partial charge in [0.25, 0.3) is 0 Å². The summed E-state index contributed by atoms with van der Waals surface area (Å²) in [5.74, 6) is -0.553. The molecule has 92 valence electrons. The van der Waals surface area contributed by atoms with E-state index in [0.717, 1.165) is 0 Å². The van der Waals surface area contributed by atoms with E-state index in [1.807, 2.05) is 0 Å². The average Bonchev–Trinajstić information content (AvgIpc) is 2.41. The van der Waals surface area contributed by atoms with Crippen molar-refractivity contribution in [1.29, 1.82) is 0 Å². The first-order chi connectivity index (χ1) is 8.61. The van der Waals surface area contributed by atoms with Gasteiger partial charge in [0.05, 0.1) is 12.7 Å². The van der Waals surface area contributed by atoms with Gasteiger partial charge in [-0.1, -0.05) is 0 Å². The molecular formula is C13H9BrFNO2. The zero-order valence-electron chi connectivity index (χ0n) is 9.48. The van der Waals surface area contributed by atoms with Gasteiger partial charge in [-0.05, 0) is 46.3 Å². The van der Waals surface area contributed by atoms with Crippen LogP contribution in [0.1, 0.15) is 15.9 Å². The maximum atomic E-state index is 13.5. The molecular weight excluding hydrogens is 301 g/mol. The highest BCUT2D eigenvalue weighted by Gasteiger charge is 2.15. The van der Waals surface area contributed by atoms with Crippen molar-refractivity contribution in [2.24, 2.45) is 0 Å². The van der Waals surface area contributed by atoms with E-state index in [-0.39, 0.29) is 5.56 Å². The van der Waals surface area contributed by atoms with Crippen LogP contribution >= 0.6 is 15.9 Å². The number of hydrogen-bond acceptors (Lipinski definition) is 3. The number of halogens is 2. The molecule has 1 aromatic carbocycles. The predicted octanol–water partition coefficient (Wildman–Crippen LogP) is 3.22. The first-order valence-electron chi connectivity index (χ1n) is 5.11. The van der Waals surface area contributed by atoms with Crippen LogP contribution in [-0.4, -0.2) is 17.9 Å². The van der Waals surface area contributed by atoms with Crippen LogP contribution in [0.3, 0.4) is 0 Å². The van der Waals surface area contributed by atoms with Crippen LogP contribution in [0.2, 0.25) is 0 Å². The molecule has 0 unspecified atom stereocenters. The van der Waals surface area contributed by atoms with E-state index in [1.165, 1.54) is 19.4 Å². The van der Waals surface area contributed by atoms with Gasteiger partial charge in [0.1, 0.15) is 5.75 Å². The van der Waals surface area contributed by atoms with Crippen molar-refractivity contribution in [2.45, 2.75) is 0 Å². The summed E-state index contributed by atoms with van der Waals surface area (Å²) in [6, 6.07) is 7.88. The average molecular weight is 310 g/mol. The lowest BCUT2D eigenvalue weighted by molar-refractivity contribution is 0.103. The largest absolute Gasteiger partial charge is 0.497 e. The molecule has 0 N–H and O–H groups in total. The molecule has 0 bridgehead atoms. The van der Waals surface area contributed by atoms with Gasteiger partial charge in [-0.15, -0.1) is 0 Å². The fourth-order valence-corrected chi connectivity index (χ4v) is 1.81. The molecule has 1 aromatic heterocycles. The summed E-state index contributed by atoms with van der Waals surface area (Å²) in [6.07, 6.45) is 1.31. The lowest BCUT2D eigenvalue weighted by Crippen LogP contribution is -2.05. The first-order valence-corrected chi connectivity index (χ1v) is 5.91. The summed E-state index contributed by atoms with van der Waals surface area (Å²) in [5.41, 5.74) is 0.323. The number of ketones is 1. The molecule has 5 heteroatoms. The van der Waals surface area contributed by atoms with Gasteiger partial charge in [0, 0.05) is 16.2 Å². The van der Waals surface area contributed by atoms with Crippen LogP contribution in [0.25, 0.3) is 0 Å². The second-order valence-corrected chi connectivity index (χ2v) is 4.47. The third-order valence-corrected chi connectivity index (χ3v) is 2.84. The Balaban J connectivity index is 2.38. The highest BCUT2D eigenvalue weighted by atomic mass is 79.9. The van der Waals surface area contributed by atoms with Gasteiger partial charge >= 0.3 is 0 Å². The van der Waals surface area contributed by atoms with Gasteiger partial charge < -0.3 is 4.74 Å². The SMILES string of the molecule is COc1ccc(C(=O)c2cc(Br)cnc2F)cc1. The number of carbonyl (C=O) groups is 1. The Morgan fingerprint density at radius 2 is 2.00 bits per heavy atom. The lowest BCUT2D eigenvalue weighted by atomic mass is 10.0. The number of carbonyl (C=O) groups excluding carboxylic acids is 1. The van der Waals surface area contributed by atoms with E-state index in [0.29, 0.717) is 15.8 Å². The topological polar surface area (TPSA) is 39.2 Å². The number of benzene rings is 1. The van der Waals surface area contributed by atoms with Crippen LogP contribution in [0.15, 0.2) is 41.0 Å². The van der Waals surface area contributed by atoms with Crippen molar-refractivity contribution in [2.75, 3.05) is 7.11 Å². The van der Waals surface area contributed by atoms with E-state index in [9.17, 15) is 9.18 Å². The van der Waals surface area contributed by atoms with Crippen molar-refractivity contribution >= 4 is 21.7 Å². The zero-order valence-corrected chi connectivity index (χ0v) is 11.1.